The van der Waals surface area contributed by atoms with Gasteiger partial charge in [0, 0.05) is 50.2 Å². The molecular formula is C57H52N4O. The van der Waals surface area contributed by atoms with Crippen LogP contribution in [0.4, 0.5) is 22.7 Å². The summed E-state index contributed by atoms with van der Waals surface area (Å²) >= 11 is 0. The number of hydrogen-bond acceptors (Lipinski definition) is 4. The summed E-state index contributed by atoms with van der Waals surface area (Å²) in [6, 6.07) is 44.6. The van der Waals surface area contributed by atoms with Crippen LogP contribution in [0.1, 0.15) is 69.2 Å². The van der Waals surface area contributed by atoms with E-state index in [9.17, 15) is 0 Å². The molecular weight excluding hydrogens is 757 g/mol. The van der Waals surface area contributed by atoms with E-state index in [0.29, 0.717) is 23.7 Å². The predicted molar refractivity (Wildman–Crippen MR) is 260 cm³/mol. The topological polar surface area (TPSA) is 33.5 Å². The van der Waals surface area contributed by atoms with Crippen LogP contribution in [0.3, 0.4) is 0 Å². The van der Waals surface area contributed by atoms with Gasteiger partial charge in [-0.25, -0.2) is 4.98 Å². The highest BCUT2D eigenvalue weighted by atomic mass is 16.5. The van der Waals surface area contributed by atoms with E-state index in [4.69, 9.17) is 20.7 Å². The zero-order valence-electron chi connectivity index (χ0n) is 43.8. The van der Waals surface area contributed by atoms with Gasteiger partial charge in [-0.15, -0.1) is 0 Å². The lowest BCUT2D eigenvalue weighted by Crippen LogP contribution is -2.25. The highest BCUT2D eigenvalue weighted by molar-refractivity contribution is 6.09. The quantitative estimate of drug-likeness (QED) is 0.160. The number of aromatic nitrogens is 2. The second-order valence-corrected chi connectivity index (χ2v) is 18.1. The minimum absolute atomic E-state index is 0.0566. The number of aryl methyl sites for hydroxylation is 1. The normalized spacial score (nSPS) is 15.0. The van der Waals surface area contributed by atoms with Crippen LogP contribution in [0.5, 0.6) is 11.5 Å². The molecule has 62 heavy (non-hydrogen) atoms. The number of rotatable bonds is 7. The average molecular weight is 817 g/mol. The van der Waals surface area contributed by atoms with Crippen molar-refractivity contribution < 1.29 is 15.7 Å². The standard InChI is InChI=1S/C57H52N4O/c1-38-29-55(58-36-50(38)40-19-12-9-13-20-40)61-51-24-15-14-23-48(51)49-27-26-47(35-53(49)61)62-46-22-16-21-44(34-46)59-37-60(45-32-42(56(2,3)4)31-43(33-45)57(5,6)7)54-30-41(25-28-52(54)59)39-17-10-8-11-18-39/h8-36H,37H2,1-7H3/i1D3,9D,12D,13D,19D,20D. The van der Waals surface area contributed by atoms with E-state index in [1.54, 1.807) is 0 Å². The second-order valence-electron chi connectivity index (χ2n) is 18.1. The Kier molecular flexibility index (Phi) is 7.52. The van der Waals surface area contributed by atoms with Crippen molar-refractivity contribution in [3.05, 3.63) is 193 Å². The first-order valence-electron chi connectivity index (χ1n) is 25.0. The fourth-order valence-electron chi connectivity index (χ4n) is 8.41. The number of benzene rings is 7. The summed E-state index contributed by atoms with van der Waals surface area (Å²) in [6.07, 6.45) is 1.29. The lowest BCUT2D eigenvalue weighted by molar-refractivity contribution is 0.483. The van der Waals surface area contributed by atoms with E-state index < -0.39 is 37.1 Å². The Morgan fingerprint density at radius 3 is 2.03 bits per heavy atom. The molecule has 7 aromatic carbocycles. The van der Waals surface area contributed by atoms with Gasteiger partial charge in [-0.1, -0.05) is 138 Å². The Labute approximate surface area is 376 Å². The number of pyridine rings is 1. The van der Waals surface area contributed by atoms with E-state index in [-0.39, 0.29) is 33.3 Å². The van der Waals surface area contributed by atoms with Crippen LogP contribution in [0.15, 0.2) is 176 Å². The van der Waals surface area contributed by atoms with Crippen molar-refractivity contribution in [2.24, 2.45) is 0 Å². The van der Waals surface area contributed by atoms with E-state index in [1.165, 1.54) is 23.4 Å². The van der Waals surface area contributed by atoms with Crippen molar-refractivity contribution in [3.8, 4) is 39.6 Å². The molecule has 1 aliphatic heterocycles. The fourth-order valence-corrected chi connectivity index (χ4v) is 8.41. The molecule has 0 spiro atoms. The monoisotopic (exact) mass is 816 g/mol. The lowest BCUT2D eigenvalue weighted by Gasteiger charge is -2.29. The third-order valence-corrected chi connectivity index (χ3v) is 11.8. The summed E-state index contributed by atoms with van der Waals surface area (Å²) in [5, 5.41) is 1.80. The molecule has 9 aromatic rings. The highest BCUT2D eigenvalue weighted by Crippen LogP contribution is 2.48. The smallest absolute Gasteiger partial charge is 0.137 e. The Morgan fingerprint density at radius 1 is 0.565 bits per heavy atom. The summed E-state index contributed by atoms with van der Waals surface area (Å²) in [4.78, 5) is 9.47. The molecule has 0 fully saturated rings. The molecule has 0 saturated carbocycles. The first kappa shape index (κ1) is 30.8. The lowest BCUT2D eigenvalue weighted by atomic mass is 9.80. The molecule has 0 unspecified atom stereocenters. The molecule has 0 radical (unpaired) electrons. The summed E-state index contributed by atoms with van der Waals surface area (Å²) in [5.74, 6) is 1.45. The van der Waals surface area contributed by atoms with Crippen LogP contribution < -0.4 is 14.5 Å². The minimum Gasteiger partial charge on any atom is -0.457 e. The van der Waals surface area contributed by atoms with Crippen molar-refractivity contribution in [2.45, 2.75) is 59.2 Å². The van der Waals surface area contributed by atoms with Crippen LogP contribution >= 0.6 is 0 Å². The number of para-hydroxylation sites is 1. The Hall–Kier alpha value is -7.11. The maximum Gasteiger partial charge on any atom is 0.137 e. The molecule has 0 saturated heterocycles. The average Bonchev–Trinajstić information content (AvgIpc) is 3.88. The van der Waals surface area contributed by atoms with E-state index >= 15 is 0 Å². The molecule has 1 aliphatic rings. The van der Waals surface area contributed by atoms with Gasteiger partial charge in [0.05, 0.1) is 29.3 Å². The maximum absolute atomic E-state index is 8.62. The van der Waals surface area contributed by atoms with Gasteiger partial charge < -0.3 is 14.5 Å². The van der Waals surface area contributed by atoms with Gasteiger partial charge in [0.1, 0.15) is 24.0 Å². The molecule has 0 bridgehead atoms. The van der Waals surface area contributed by atoms with Gasteiger partial charge >= 0.3 is 0 Å². The summed E-state index contributed by atoms with van der Waals surface area (Å²) in [5.41, 5.74) is 9.98. The van der Waals surface area contributed by atoms with Gasteiger partial charge in [0.2, 0.25) is 0 Å². The maximum atomic E-state index is 8.62. The molecule has 2 aromatic heterocycles. The molecule has 3 heterocycles. The van der Waals surface area contributed by atoms with Crippen LogP contribution in [-0.4, -0.2) is 16.2 Å². The molecule has 5 nitrogen and oxygen atoms in total. The summed E-state index contributed by atoms with van der Waals surface area (Å²) in [7, 11) is 0. The SMILES string of the molecule is [2H]c1c([2H])c([2H])c(-c2cnc(-n3c4ccccc4c4ccc(Oc5cccc(N6CN(c7cc(C(C)(C)C)cc(C(C)(C)C)c7)c7cc(-c8ccccc8)ccc76)c5)cc43)cc2C([2H])([2H])[2H])c([2H])c1[2H]. The number of anilines is 4. The van der Waals surface area contributed by atoms with Gasteiger partial charge in [-0.2, -0.15) is 0 Å². The van der Waals surface area contributed by atoms with Gasteiger partial charge in [-0.05, 0) is 112 Å². The zero-order valence-corrected chi connectivity index (χ0v) is 35.8. The molecule has 0 aliphatic carbocycles. The fraction of sp³-hybridized carbons (Fsp3) is 0.175. The van der Waals surface area contributed by atoms with E-state index in [1.807, 2.05) is 71.3 Å². The minimum atomic E-state index is -2.73. The van der Waals surface area contributed by atoms with Crippen LogP contribution in [0.2, 0.25) is 0 Å². The highest BCUT2D eigenvalue weighted by Gasteiger charge is 2.31. The van der Waals surface area contributed by atoms with Crippen LogP contribution in [0, 0.1) is 6.85 Å². The van der Waals surface area contributed by atoms with E-state index in [2.05, 4.69) is 118 Å². The Morgan fingerprint density at radius 2 is 1.27 bits per heavy atom. The first-order valence-corrected chi connectivity index (χ1v) is 21.0. The van der Waals surface area contributed by atoms with Crippen molar-refractivity contribution in [3.63, 3.8) is 0 Å². The molecule has 0 atom stereocenters. The van der Waals surface area contributed by atoms with Gasteiger partial charge in [0.25, 0.3) is 0 Å². The third-order valence-electron chi connectivity index (χ3n) is 11.8. The molecule has 0 amide bonds. The van der Waals surface area contributed by atoms with Gasteiger partial charge in [-0.3, -0.25) is 4.57 Å². The molecule has 306 valence electrons. The van der Waals surface area contributed by atoms with Crippen LogP contribution in [0.25, 0.3) is 49.9 Å². The number of hydrogen-bond donors (Lipinski definition) is 0. The number of nitrogens with zero attached hydrogens (tertiary/aromatic N) is 4. The van der Waals surface area contributed by atoms with Crippen molar-refractivity contribution in [2.75, 3.05) is 16.5 Å². The molecule has 5 heteroatoms. The van der Waals surface area contributed by atoms with Crippen LogP contribution in [-0.2, 0) is 10.8 Å². The van der Waals surface area contributed by atoms with Crippen molar-refractivity contribution in [1.82, 2.24) is 9.55 Å². The number of ether oxygens (including phenoxy) is 1. The Bertz CT molecular complexity index is 3470. The number of fused-ring (bicyclic) bond motifs is 4. The predicted octanol–water partition coefficient (Wildman–Crippen LogP) is 15.5. The largest absolute Gasteiger partial charge is 0.457 e. The molecule has 10 rings (SSSR count). The summed E-state index contributed by atoms with van der Waals surface area (Å²) < 4.78 is 76.1. The van der Waals surface area contributed by atoms with Gasteiger partial charge in [0.15, 0.2) is 0 Å². The van der Waals surface area contributed by atoms with Crippen molar-refractivity contribution in [1.29, 1.82) is 0 Å². The first-order chi connectivity index (χ1) is 33.2. The zero-order chi connectivity index (χ0) is 49.6. The summed E-state index contributed by atoms with van der Waals surface area (Å²) in [6.45, 7) is 11.4. The second kappa shape index (κ2) is 15.1. The van der Waals surface area contributed by atoms with Crippen molar-refractivity contribution >= 4 is 44.6 Å². The van der Waals surface area contributed by atoms with E-state index in [0.717, 1.165) is 50.2 Å². The third kappa shape index (κ3) is 7.17. The molecule has 0 N–H and O–H groups in total. The Balaban J connectivity index is 1.05.